The Morgan fingerprint density at radius 2 is 2.06 bits per heavy atom. The Bertz CT molecular complexity index is 357. The summed E-state index contributed by atoms with van der Waals surface area (Å²) in [6.45, 7) is 2.70. The molecule has 0 radical (unpaired) electrons. The fourth-order valence-corrected chi connectivity index (χ4v) is 1.98. The highest BCUT2D eigenvalue weighted by atomic mass is 79.9. The number of nitrogens with zero attached hydrogens (tertiary/aromatic N) is 1. The number of hydrogen-bond acceptors (Lipinski definition) is 2. The zero-order chi connectivity index (χ0) is 12.1. The van der Waals surface area contributed by atoms with Crippen LogP contribution in [-0.2, 0) is 4.79 Å². The number of anilines is 1. The van der Waals surface area contributed by atoms with Gasteiger partial charge >= 0.3 is 0 Å². The van der Waals surface area contributed by atoms with Gasteiger partial charge in [-0.3, -0.25) is 4.79 Å². The Balaban J connectivity index is 2.46. The molecule has 0 bridgehead atoms. The molecule has 4 heteroatoms. The molecule has 0 saturated carbocycles. The van der Waals surface area contributed by atoms with E-state index in [0.29, 0.717) is 13.0 Å². The summed E-state index contributed by atoms with van der Waals surface area (Å²) in [4.78, 5) is 12.9. The third-order valence-corrected chi connectivity index (χ3v) is 2.67. The van der Waals surface area contributed by atoms with E-state index >= 15 is 0 Å². The zero-order valence-electron chi connectivity index (χ0n) is 9.88. The van der Waals surface area contributed by atoms with Crippen LogP contribution < -0.4 is 5.32 Å². The maximum Gasteiger partial charge on any atom is 0.223 e. The fourth-order valence-electron chi connectivity index (χ4n) is 1.38. The molecule has 1 rings (SSSR count). The van der Waals surface area contributed by atoms with E-state index in [9.17, 15) is 4.79 Å². The SMILES string of the molecule is Cc1cc(Br)cc(NCCC(=O)N(C)C)c1. The molecule has 0 atom stereocenters. The summed E-state index contributed by atoms with van der Waals surface area (Å²) in [5.74, 6) is 0.138. The number of hydrogen-bond donors (Lipinski definition) is 1. The van der Waals surface area contributed by atoms with Crippen molar-refractivity contribution in [2.24, 2.45) is 0 Å². The van der Waals surface area contributed by atoms with Crippen molar-refractivity contribution in [2.45, 2.75) is 13.3 Å². The maximum absolute atomic E-state index is 11.3. The first-order chi connectivity index (χ1) is 7.49. The van der Waals surface area contributed by atoms with Gasteiger partial charge in [0, 0.05) is 37.2 Å². The fraction of sp³-hybridized carbons (Fsp3) is 0.417. The van der Waals surface area contributed by atoms with Crippen LogP contribution in [0.15, 0.2) is 22.7 Å². The Labute approximate surface area is 105 Å². The van der Waals surface area contributed by atoms with Crippen molar-refractivity contribution in [1.82, 2.24) is 4.90 Å². The topological polar surface area (TPSA) is 32.3 Å². The van der Waals surface area contributed by atoms with Crippen molar-refractivity contribution < 1.29 is 4.79 Å². The highest BCUT2D eigenvalue weighted by molar-refractivity contribution is 9.10. The van der Waals surface area contributed by atoms with E-state index in [-0.39, 0.29) is 5.91 Å². The molecule has 1 amide bonds. The molecule has 0 unspecified atom stereocenters. The van der Waals surface area contributed by atoms with E-state index in [4.69, 9.17) is 0 Å². The second-order valence-corrected chi connectivity index (χ2v) is 4.90. The third-order valence-electron chi connectivity index (χ3n) is 2.21. The van der Waals surface area contributed by atoms with E-state index < -0.39 is 0 Å². The number of rotatable bonds is 4. The van der Waals surface area contributed by atoms with Crippen molar-refractivity contribution in [3.05, 3.63) is 28.2 Å². The van der Waals surface area contributed by atoms with Crippen molar-refractivity contribution in [3.8, 4) is 0 Å². The smallest absolute Gasteiger partial charge is 0.223 e. The maximum atomic E-state index is 11.3. The van der Waals surface area contributed by atoms with Crippen molar-refractivity contribution in [3.63, 3.8) is 0 Å². The Hall–Kier alpha value is -1.03. The molecule has 0 saturated heterocycles. The molecular formula is C12H17BrN2O. The zero-order valence-corrected chi connectivity index (χ0v) is 11.5. The standard InChI is InChI=1S/C12H17BrN2O/c1-9-6-10(13)8-11(7-9)14-5-4-12(16)15(2)3/h6-8,14H,4-5H2,1-3H3. The molecule has 1 aromatic rings. The number of nitrogens with one attached hydrogen (secondary N) is 1. The predicted octanol–water partition coefficient (Wildman–Crippen LogP) is 2.65. The third kappa shape index (κ3) is 4.23. The number of aryl methyl sites for hydroxylation is 1. The summed E-state index contributed by atoms with van der Waals surface area (Å²) < 4.78 is 1.05. The summed E-state index contributed by atoms with van der Waals surface area (Å²) >= 11 is 3.44. The molecule has 0 fully saturated rings. The van der Waals surface area contributed by atoms with Gasteiger partial charge in [0.25, 0.3) is 0 Å². The summed E-state index contributed by atoms with van der Waals surface area (Å²) in [6.07, 6.45) is 0.512. The second kappa shape index (κ2) is 5.89. The van der Waals surface area contributed by atoms with Gasteiger partial charge in [0.1, 0.15) is 0 Å². The van der Waals surface area contributed by atoms with Crippen LogP contribution >= 0.6 is 15.9 Å². The molecule has 0 aliphatic heterocycles. The average Bonchev–Trinajstić information content (AvgIpc) is 2.15. The first-order valence-corrected chi connectivity index (χ1v) is 5.99. The van der Waals surface area contributed by atoms with Crippen LogP contribution in [0.4, 0.5) is 5.69 Å². The first kappa shape index (κ1) is 13.0. The number of halogens is 1. The number of carbonyl (C=O) groups is 1. The molecule has 0 aromatic heterocycles. The normalized spacial score (nSPS) is 10.0. The monoisotopic (exact) mass is 284 g/mol. The van der Waals surface area contributed by atoms with Gasteiger partial charge in [-0.1, -0.05) is 15.9 Å². The van der Waals surface area contributed by atoms with Crippen LogP contribution in [0.3, 0.4) is 0 Å². The summed E-state index contributed by atoms with van der Waals surface area (Å²) in [5, 5.41) is 3.23. The van der Waals surface area contributed by atoms with Crippen LogP contribution in [0, 0.1) is 6.92 Å². The Morgan fingerprint density at radius 3 is 2.62 bits per heavy atom. The molecule has 1 N–H and O–H groups in total. The molecule has 16 heavy (non-hydrogen) atoms. The Kier molecular flexibility index (Phi) is 4.80. The largest absolute Gasteiger partial charge is 0.384 e. The van der Waals surface area contributed by atoms with Gasteiger partial charge in [-0.2, -0.15) is 0 Å². The highest BCUT2D eigenvalue weighted by Crippen LogP contribution is 2.18. The lowest BCUT2D eigenvalue weighted by molar-refractivity contribution is -0.128. The van der Waals surface area contributed by atoms with E-state index in [2.05, 4.69) is 33.4 Å². The van der Waals surface area contributed by atoms with Gasteiger partial charge in [0.05, 0.1) is 0 Å². The highest BCUT2D eigenvalue weighted by Gasteiger charge is 2.03. The first-order valence-electron chi connectivity index (χ1n) is 5.20. The molecular weight excluding hydrogens is 268 g/mol. The quantitative estimate of drug-likeness (QED) is 0.922. The van der Waals surface area contributed by atoms with Crippen molar-refractivity contribution >= 4 is 27.5 Å². The van der Waals surface area contributed by atoms with Gasteiger partial charge in [-0.15, -0.1) is 0 Å². The van der Waals surface area contributed by atoms with E-state index in [1.807, 2.05) is 13.0 Å². The lowest BCUT2D eigenvalue weighted by atomic mass is 10.2. The number of amides is 1. The molecule has 1 aromatic carbocycles. The van der Waals surface area contributed by atoms with Crippen LogP contribution in [0.5, 0.6) is 0 Å². The lowest BCUT2D eigenvalue weighted by Gasteiger charge is -2.11. The van der Waals surface area contributed by atoms with Crippen molar-refractivity contribution in [1.29, 1.82) is 0 Å². The van der Waals surface area contributed by atoms with Crippen molar-refractivity contribution in [2.75, 3.05) is 26.0 Å². The van der Waals surface area contributed by atoms with Crippen LogP contribution in [0.2, 0.25) is 0 Å². The lowest BCUT2D eigenvalue weighted by Crippen LogP contribution is -2.23. The number of benzene rings is 1. The molecule has 0 aliphatic rings. The molecule has 88 valence electrons. The van der Waals surface area contributed by atoms with Crippen LogP contribution in [-0.4, -0.2) is 31.4 Å². The van der Waals surface area contributed by atoms with Gasteiger partial charge in [-0.25, -0.2) is 0 Å². The van der Waals surface area contributed by atoms with Crippen LogP contribution in [0.25, 0.3) is 0 Å². The second-order valence-electron chi connectivity index (χ2n) is 3.98. The molecule has 0 spiro atoms. The van der Waals surface area contributed by atoms with Gasteiger partial charge < -0.3 is 10.2 Å². The summed E-state index contributed by atoms with van der Waals surface area (Å²) in [7, 11) is 3.54. The minimum absolute atomic E-state index is 0.138. The Morgan fingerprint density at radius 1 is 1.38 bits per heavy atom. The van der Waals surface area contributed by atoms with E-state index in [1.54, 1.807) is 19.0 Å². The van der Waals surface area contributed by atoms with Crippen LogP contribution in [0.1, 0.15) is 12.0 Å². The average molecular weight is 285 g/mol. The molecule has 0 heterocycles. The summed E-state index contributed by atoms with van der Waals surface area (Å²) in [5.41, 5.74) is 2.23. The molecule has 3 nitrogen and oxygen atoms in total. The van der Waals surface area contributed by atoms with E-state index in [0.717, 1.165) is 10.2 Å². The summed E-state index contributed by atoms with van der Waals surface area (Å²) in [6, 6.07) is 6.12. The minimum atomic E-state index is 0.138. The van der Waals surface area contributed by atoms with Gasteiger partial charge in [0.15, 0.2) is 0 Å². The van der Waals surface area contributed by atoms with Gasteiger partial charge in [0.2, 0.25) is 5.91 Å². The number of carbonyl (C=O) groups excluding carboxylic acids is 1. The minimum Gasteiger partial charge on any atom is -0.384 e. The molecule has 0 aliphatic carbocycles. The van der Waals surface area contributed by atoms with E-state index in [1.165, 1.54) is 5.56 Å². The van der Waals surface area contributed by atoms with Gasteiger partial charge in [-0.05, 0) is 30.7 Å². The predicted molar refractivity (Wildman–Crippen MR) is 70.7 cm³/mol.